The number of ether oxygens (including phenoxy) is 2. The molecule has 146 valence electrons. The van der Waals surface area contributed by atoms with Gasteiger partial charge in [0.25, 0.3) is 5.56 Å². The maximum Gasteiger partial charge on any atom is 0.355 e. The summed E-state index contributed by atoms with van der Waals surface area (Å²) in [6, 6.07) is 11.5. The van der Waals surface area contributed by atoms with Gasteiger partial charge in [-0.3, -0.25) is 9.59 Å². The molecule has 7 heteroatoms. The normalized spacial score (nSPS) is 19.3. The number of carbonyl (C=O) groups is 2. The molecule has 2 aromatic heterocycles. The van der Waals surface area contributed by atoms with Crippen LogP contribution in [0.15, 0.2) is 41.2 Å². The van der Waals surface area contributed by atoms with Crippen LogP contribution in [0, 0.1) is 0 Å². The molecule has 0 unspecified atom stereocenters. The van der Waals surface area contributed by atoms with Crippen molar-refractivity contribution < 1.29 is 19.1 Å². The van der Waals surface area contributed by atoms with Crippen LogP contribution in [0.5, 0.6) is 0 Å². The molecule has 7 nitrogen and oxygen atoms in total. The second kappa shape index (κ2) is 6.01. The van der Waals surface area contributed by atoms with E-state index in [4.69, 9.17) is 14.5 Å². The average Bonchev–Trinajstić information content (AvgIpc) is 3.06. The predicted octanol–water partition coefficient (Wildman–Crippen LogP) is 2.65. The lowest BCUT2D eigenvalue weighted by Gasteiger charge is -2.35. The number of carbonyl (C=O) groups excluding carboxylic acids is 2. The summed E-state index contributed by atoms with van der Waals surface area (Å²) in [5.74, 6) is -1.27. The number of aromatic nitrogens is 2. The summed E-state index contributed by atoms with van der Waals surface area (Å²) in [5, 5.41) is 0.998. The van der Waals surface area contributed by atoms with Gasteiger partial charge in [-0.15, -0.1) is 0 Å². The summed E-state index contributed by atoms with van der Waals surface area (Å²) in [5.41, 5.74) is 1.95. The topological polar surface area (TPSA) is 87.5 Å². The molecule has 0 bridgehead atoms. The molecule has 0 amide bonds. The molecular weight excluding hydrogens is 372 g/mol. The van der Waals surface area contributed by atoms with E-state index in [2.05, 4.69) is 0 Å². The predicted molar refractivity (Wildman–Crippen MR) is 104 cm³/mol. The molecule has 0 radical (unpaired) electrons. The first-order valence-corrected chi connectivity index (χ1v) is 9.47. The Labute approximate surface area is 165 Å². The highest BCUT2D eigenvalue weighted by molar-refractivity contribution is 5.88. The van der Waals surface area contributed by atoms with Gasteiger partial charge in [-0.2, -0.15) is 0 Å². The van der Waals surface area contributed by atoms with Crippen molar-refractivity contribution in [1.82, 2.24) is 9.55 Å². The Balaban J connectivity index is 1.79. The van der Waals surface area contributed by atoms with Crippen molar-refractivity contribution in [2.75, 3.05) is 0 Å². The number of cyclic esters (lactones) is 1. The number of nitrogens with zero attached hydrogens (tertiary/aromatic N) is 2. The van der Waals surface area contributed by atoms with Gasteiger partial charge in [-0.1, -0.05) is 25.1 Å². The Morgan fingerprint density at radius 1 is 1.28 bits per heavy atom. The number of hydrogen-bond donors (Lipinski definition) is 0. The van der Waals surface area contributed by atoms with E-state index in [0.717, 1.165) is 16.5 Å². The van der Waals surface area contributed by atoms with Gasteiger partial charge in [-0.05, 0) is 24.6 Å². The number of hydrogen-bond acceptors (Lipinski definition) is 6. The monoisotopic (exact) mass is 390 g/mol. The fraction of sp³-hybridized carbons (Fsp3) is 0.273. The number of fused-ring (bicyclic) bond motifs is 5. The summed E-state index contributed by atoms with van der Waals surface area (Å²) in [7, 11) is 0. The second-order valence-electron chi connectivity index (χ2n) is 7.35. The maximum absolute atomic E-state index is 13.3. The molecule has 0 spiro atoms. The van der Waals surface area contributed by atoms with Gasteiger partial charge in [0.15, 0.2) is 0 Å². The van der Waals surface area contributed by atoms with Gasteiger partial charge in [0.2, 0.25) is 5.60 Å². The molecule has 2 aliphatic rings. The first-order chi connectivity index (χ1) is 13.9. The van der Waals surface area contributed by atoms with Crippen molar-refractivity contribution in [3.63, 3.8) is 0 Å². The number of para-hydroxylation sites is 1. The van der Waals surface area contributed by atoms with E-state index in [1.54, 1.807) is 17.6 Å². The summed E-state index contributed by atoms with van der Waals surface area (Å²) in [4.78, 5) is 42.4. The van der Waals surface area contributed by atoms with Crippen molar-refractivity contribution in [3.8, 4) is 11.4 Å². The zero-order valence-corrected chi connectivity index (χ0v) is 16.0. The fourth-order valence-electron chi connectivity index (χ4n) is 4.33. The van der Waals surface area contributed by atoms with Gasteiger partial charge in [-0.25, -0.2) is 9.78 Å². The van der Waals surface area contributed by atoms with E-state index in [1.165, 1.54) is 6.92 Å². The Morgan fingerprint density at radius 2 is 2.07 bits per heavy atom. The zero-order valence-electron chi connectivity index (χ0n) is 16.0. The van der Waals surface area contributed by atoms with Gasteiger partial charge in [0, 0.05) is 23.4 Å². The van der Waals surface area contributed by atoms with Crippen LogP contribution in [-0.4, -0.2) is 21.5 Å². The molecule has 0 saturated heterocycles. The summed E-state index contributed by atoms with van der Waals surface area (Å²) in [6.45, 7) is 3.23. The van der Waals surface area contributed by atoms with Crippen LogP contribution >= 0.6 is 0 Å². The van der Waals surface area contributed by atoms with Crippen LogP contribution < -0.4 is 5.56 Å². The molecule has 2 aliphatic heterocycles. The van der Waals surface area contributed by atoms with Gasteiger partial charge in [0.05, 0.1) is 29.0 Å². The minimum Gasteiger partial charge on any atom is -0.457 e. The third-order valence-corrected chi connectivity index (χ3v) is 5.70. The van der Waals surface area contributed by atoms with Crippen molar-refractivity contribution in [1.29, 1.82) is 0 Å². The molecule has 0 fully saturated rings. The molecule has 0 saturated carbocycles. The molecule has 0 aliphatic carbocycles. The maximum atomic E-state index is 13.3. The van der Waals surface area contributed by atoms with Crippen LogP contribution in [0.2, 0.25) is 0 Å². The van der Waals surface area contributed by atoms with E-state index in [1.807, 2.05) is 30.3 Å². The van der Waals surface area contributed by atoms with Gasteiger partial charge >= 0.3 is 11.9 Å². The Hall–Kier alpha value is -3.48. The first kappa shape index (κ1) is 17.6. The third kappa shape index (κ3) is 2.36. The minimum absolute atomic E-state index is 0.137. The summed E-state index contributed by atoms with van der Waals surface area (Å²) >= 11 is 0. The lowest BCUT2D eigenvalue weighted by Crippen LogP contribution is -2.47. The number of rotatable bonds is 2. The van der Waals surface area contributed by atoms with E-state index in [-0.39, 0.29) is 18.6 Å². The van der Waals surface area contributed by atoms with Crippen molar-refractivity contribution in [2.24, 2.45) is 0 Å². The highest BCUT2D eigenvalue weighted by atomic mass is 16.6. The lowest BCUT2D eigenvalue weighted by molar-refractivity contribution is -0.188. The van der Waals surface area contributed by atoms with Crippen molar-refractivity contribution >= 4 is 22.8 Å². The minimum atomic E-state index is -1.62. The van der Waals surface area contributed by atoms with Crippen molar-refractivity contribution in [2.45, 2.75) is 39.0 Å². The van der Waals surface area contributed by atoms with Gasteiger partial charge < -0.3 is 14.0 Å². The van der Waals surface area contributed by atoms with E-state index >= 15 is 0 Å². The third-order valence-electron chi connectivity index (χ3n) is 5.70. The highest BCUT2D eigenvalue weighted by Crippen LogP contribution is 2.40. The Kier molecular flexibility index (Phi) is 3.65. The first-order valence-electron chi connectivity index (χ1n) is 9.47. The summed E-state index contributed by atoms with van der Waals surface area (Å²) in [6.07, 6.45) is 0.166. The molecule has 29 heavy (non-hydrogen) atoms. The lowest BCUT2D eigenvalue weighted by atomic mass is 9.85. The number of pyridine rings is 2. The molecule has 0 N–H and O–H groups in total. The van der Waals surface area contributed by atoms with Crippen LogP contribution in [0.25, 0.3) is 22.3 Å². The quantitative estimate of drug-likeness (QED) is 0.489. The van der Waals surface area contributed by atoms with E-state index in [9.17, 15) is 14.4 Å². The Morgan fingerprint density at radius 3 is 2.83 bits per heavy atom. The largest absolute Gasteiger partial charge is 0.457 e. The van der Waals surface area contributed by atoms with Crippen LogP contribution in [0.1, 0.15) is 37.0 Å². The number of benzene rings is 1. The molecule has 1 atom stereocenters. The van der Waals surface area contributed by atoms with Crippen LogP contribution in [-0.2, 0) is 37.8 Å². The van der Waals surface area contributed by atoms with E-state index in [0.29, 0.717) is 29.1 Å². The zero-order chi connectivity index (χ0) is 20.3. The average molecular weight is 390 g/mol. The standard InChI is InChI=1S/C22H18N2O5/c1-3-22(29-12(2)25)16-9-18-19-14(8-13-6-4-5-7-17(13)23-19)10-24(18)20(26)15(16)11-28-21(22)27/h4-9H,3,10-11H2,1-2H3/t22-/m0/s1. The number of esters is 2. The van der Waals surface area contributed by atoms with Crippen LogP contribution in [0.4, 0.5) is 0 Å². The second-order valence-corrected chi connectivity index (χ2v) is 7.35. The molecule has 5 rings (SSSR count). The van der Waals surface area contributed by atoms with E-state index < -0.39 is 17.5 Å². The highest BCUT2D eigenvalue weighted by Gasteiger charge is 2.50. The molecule has 3 aromatic rings. The fourth-order valence-corrected chi connectivity index (χ4v) is 4.33. The molecule has 4 heterocycles. The summed E-state index contributed by atoms with van der Waals surface area (Å²) < 4.78 is 12.3. The van der Waals surface area contributed by atoms with Gasteiger partial charge in [0.1, 0.15) is 6.61 Å². The molecular formula is C22H18N2O5. The smallest absolute Gasteiger partial charge is 0.355 e. The molecule has 1 aromatic carbocycles. The SMILES string of the molecule is CC[C@@]1(OC(C)=O)C(=O)OCc2c1cc1n(c2=O)Cc2cc3ccccc3nc2-1. The Bertz CT molecular complexity index is 1280. The van der Waals surface area contributed by atoms with Crippen LogP contribution in [0.3, 0.4) is 0 Å². The van der Waals surface area contributed by atoms with Crippen molar-refractivity contribution in [3.05, 3.63) is 63.4 Å².